The minimum atomic E-state index is -0.721. The molecule has 0 aliphatic carbocycles. The second kappa shape index (κ2) is 12.2. The van der Waals surface area contributed by atoms with Crippen LogP contribution in [0.4, 0.5) is 4.79 Å². The number of urea groups is 1. The Morgan fingerprint density at radius 2 is 2.06 bits per heavy atom. The summed E-state index contributed by atoms with van der Waals surface area (Å²) in [6.07, 6.45) is 2.71. The first-order valence-corrected chi connectivity index (χ1v) is 11.4. The number of thiophene rings is 1. The van der Waals surface area contributed by atoms with Crippen molar-refractivity contribution in [2.75, 3.05) is 26.9 Å². The normalized spacial score (nSPS) is 15.1. The first kappa shape index (κ1) is 25.3. The summed E-state index contributed by atoms with van der Waals surface area (Å²) in [6.45, 7) is 1.36. The van der Waals surface area contributed by atoms with Crippen molar-refractivity contribution in [1.82, 2.24) is 10.6 Å². The Balaban J connectivity index is 1.74. The van der Waals surface area contributed by atoms with Crippen LogP contribution in [0.15, 0.2) is 53.1 Å². The van der Waals surface area contributed by atoms with Gasteiger partial charge in [0.1, 0.15) is 12.7 Å². The molecule has 1 atom stereocenters. The maximum atomic E-state index is 12.7. The highest BCUT2D eigenvalue weighted by atomic mass is 32.1. The van der Waals surface area contributed by atoms with Gasteiger partial charge in [0.25, 0.3) is 0 Å². The van der Waals surface area contributed by atoms with E-state index in [9.17, 15) is 14.4 Å². The second-order valence-electron chi connectivity index (χ2n) is 6.96. The summed E-state index contributed by atoms with van der Waals surface area (Å²) in [5.41, 5.74) is 0.943. The number of nitriles is 1. The minimum absolute atomic E-state index is 0.124. The van der Waals surface area contributed by atoms with E-state index in [0.717, 1.165) is 4.88 Å². The standard InChI is InChI=1S/C24H23N3O7S/c1-3-32-23(29)21-16(26-24(30)27-22(21)19-5-4-12-35-19)14-34-20(28)9-7-15-6-8-17(33-11-10-25)18(13-15)31-2/h4-9,12-13,22H,3,11,14H2,1-2H3,(H2,26,27,30). The van der Waals surface area contributed by atoms with E-state index in [-0.39, 0.29) is 31.1 Å². The molecule has 1 aliphatic heterocycles. The lowest BCUT2D eigenvalue weighted by Gasteiger charge is -2.28. The molecule has 1 aromatic heterocycles. The number of nitrogens with one attached hydrogen (secondary N) is 2. The van der Waals surface area contributed by atoms with Crippen LogP contribution in [0.5, 0.6) is 11.5 Å². The summed E-state index contributed by atoms with van der Waals surface area (Å²) in [7, 11) is 1.46. The van der Waals surface area contributed by atoms with Crippen molar-refractivity contribution >= 4 is 35.4 Å². The van der Waals surface area contributed by atoms with Gasteiger partial charge in [-0.05, 0) is 42.1 Å². The number of ether oxygens (including phenoxy) is 4. The Kier molecular flexibility index (Phi) is 8.86. The smallest absolute Gasteiger partial charge is 0.338 e. The highest BCUT2D eigenvalue weighted by Crippen LogP contribution is 2.31. The molecule has 2 heterocycles. The van der Waals surface area contributed by atoms with Crippen molar-refractivity contribution < 1.29 is 33.3 Å². The third kappa shape index (κ3) is 6.61. The summed E-state index contributed by atoms with van der Waals surface area (Å²) < 4.78 is 21.0. The number of hydrogen-bond donors (Lipinski definition) is 2. The van der Waals surface area contributed by atoms with Crippen LogP contribution in [0.1, 0.15) is 23.4 Å². The molecule has 0 radical (unpaired) electrons. The van der Waals surface area contributed by atoms with Gasteiger partial charge in [0.2, 0.25) is 0 Å². The van der Waals surface area contributed by atoms with E-state index in [1.807, 2.05) is 11.4 Å². The summed E-state index contributed by atoms with van der Waals surface area (Å²) in [5, 5.41) is 15.7. The van der Waals surface area contributed by atoms with Crippen LogP contribution in [-0.2, 0) is 19.1 Å². The number of amides is 2. The summed E-state index contributed by atoms with van der Waals surface area (Å²) >= 11 is 1.37. The van der Waals surface area contributed by atoms with Crippen LogP contribution in [0.25, 0.3) is 6.08 Å². The average molecular weight is 498 g/mol. The van der Waals surface area contributed by atoms with Crippen LogP contribution >= 0.6 is 11.3 Å². The molecule has 2 aromatic rings. The average Bonchev–Trinajstić information content (AvgIpc) is 3.39. The molecule has 35 heavy (non-hydrogen) atoms. The molecule has 1 aromatic carbocycles. The molecule has 1 unspecified atom stereocenters. The molecule has 2 amide bonds. The second-order valence-corrected chi connectivity index (χ2v) is 7.94. The highest BCUT2D eigenvalue weighted by Gasteiger charge is 2.34. The van der Waals surface area contributed by atoms with Gasteiger partial charge in [-0.1, -0.05) is 12.1 Å². The van der Waals surface area contributed by atoms with Gasteiger partial charge in [-0.15, -0.1) is 11.3 Å². The Morgan fingerprint density at radius 3 is 2.74 bits per heavy atom. The fraction of sp³-hybridized carbons (Fsp3) is 0.250. The Hall–Kier alpha value is -4.30. The van der Waals surface area contributed by atoms with E-state index in [4.69, 9.17) is 24.2 Å². The SMILES string of the molecule is CCOC(=O)C1=C(COC(=O)C=Cc2ccc(OCC#N)c(OC)c2)NC(=O)NC1c1cccs1. The van der Waals surface area contributed by atoms with E-state index in [1.54, 1.807) is 37.3 Å². The highest BCUT2D eigenvalue weighted by molar-refractivity contribution is 7.10. The third-order valence-electron chi connectivity index (χ3n) is 4.73. The Morgan fingerprint density at radius 1 is 1.23 bits per heavy atom. The maximum absolute atomic E-state index is 12.7. The number of hydrogen-bond acceptors (Lipinski definition) is 9. The van der Waals surface area contributed by atoms with Crippen molar-refractivity contribution in [1.29, 1.82) is 5.26 Å². The first-order chi connectivity index (χ1) is 17.0. The Labute approximate surface area is 205 Å². The summed E-state index contributed by atoms with van der Waals surface area (Å²) in [4.78, 5) is 38.0. The monoisotopic (exact) mass is 497 g/mol. The first-order valence-electron chi connectivity index (χ1n) is 10.5. The summed E-state index contributed by atoms with van der Waals surface area (Å²) in [5.74, 6) is -0.512. The number of rotatable bonds is 10. The quantitative estimate of drug-likeness (QED) is 0.378. The molecule has 1 aliphatic rings. The van der Waals surface area contributed by atoms with Gasteiger partial charge in [-0.3, -0.25) is 0 Å². The molecule has 2 N–H and O–H groups in total. The fourth-order valence-corrected chi connectivity index (χ4v) is 4.01. The lowest BCUT2D eigenvalue weighted by atomic mass is 10.0. The number of nitrogens with zero attached hydrogens (tertiary/aromatic N) is 1. The van der Waals surface area contributed by atoms with Crippen LogP contribution in [0.2, 0.25) is 0 Å². The molecule has 11 heteroatoms. The minimum Gasteiger partial charge on any atom is -0.493 e. The number of methoxy groups -OCH3 is 1. The molecule has 0 saturated heterocycles. The van der Waals surface area contributed by atoms with Crippen LogP contribution < -0.4 is 20.1 Å². The van der Waals surface area contributed by atoms with Crippen LogP contribution in [-0.4, -0.2) is 44.9 Å². The zero-order valence-electron chi connectivity index (χ0n) is 19.0. The van der Waals surface area contributed by atoms with E-state index in [2.05, 4.69) is 10.6 Å². The van der Waals surface area contributed by atoms with Crippen molar-refractivity contribution in [3.63, 3.8) is 0 Å². The van der Waals surface area contributed by atoms with Gasteiger partial charge in [0, 0.05) is 11.0 Å². The molecule has 3 rings (SSSR count). The van der Waals surface area contributed by atoms with Gasteiger partial charge < -0.3 is 29.6 Å². The van der Waals surface area contributed by atoms with Crippen molar-refractivity contribution in [3.05, 3.63) is 63.5 Å². The van der Waals surface area contributed by atoms with E-state index >= 15 is 0 Å². The molecule has 10 nitrogen and oxygen atoms in total. The largest absolute Gasteiger partial charge is 0.493 e. The Bertz CT molecular complexity index is 1180. The topological polar surface area (TPSA) is 136 Å². The third-order valence-corrected chi connectivity index (χ3v) is 5.66. The van der Waals surface area contributed by atoms with Crippen LogP contribution in [0, 0.1) is 11.3 Å². The van der Waals surface area contributed by atoms with Crippen molar-refractivity contribution in [2.45, 2.75) is 13.0 Å². The van der Waals surface area contributed by atoms with Gasteiger partial charge in [-0.25, -0.2) is 14.4 Å². The maximum Gasteiger partial charge on any atom is 0.338 e. The lowest BCUT2D eigenvalue weighted by Crippen LogP contribution is -2.46. The van der Waals surface area contributed by atoms with Gasteiger partial charge in [0.05, 0.1) is 31.0 Å². The zero-order valence-corrected chi connectivity index (χ0v) is 19.8. The molecule has 0 saturated carbocycles. The number of benzene rings is 1. The molecule has 0 spiro atoms. The zero-order chi connectivity index (χ0) is 25.2. The van der Waals surface area contributed by atoms with Gasteiger partial charge >= 0.3 is 18.0 Å². The molecule has 0 fully saturated rings. The molecule has 0 bridgehead atoms. The van der Waals surface area contributed by atoms with E-state index < -0.39 is 24.0 Å². The molecule has 182 valence electrons. The lowest BCUT2D eigenvalue weighted by molar-refractivity contribution is -0.140. The van der Waals surface area contributed by atoms with Crippen LogP contribution in [0.3, 0.4) is 0 Å². The number of esters is 2. The number of carbonyl (C=O) groups excluding carboxylic acids is 3. The summed E-state index contributed by atoms with van der Waals surface area (Å²) in [6, 6.07) is 9.16. The predicted molar refractivity (Wildman–Crippen MR) is 126 cm³/mol. The van der Waals surface area contributed by atoms with Crippen molar-refractivity contribution in [3.8, 4) is 17.6 Å². The van der Waals surface area contributed by atoms with E-state index in [1.165, 1.54) is 30.6 Å². The van der Waals surface area contributed by atoms with E-state index in [0.29, 0.717) is 17.1 Å². The molecular formula is C24H23N3O7S. The predicted octanol–water partition coefficient (Wildman–Crippen LogP) is 3.09. The molecular weight excluding hydrogens is 474 g/mol. The van der Waals surface area contributed by atoms with Gasteiger partial charge in [0.15, 0.2) is 18.1 Å². The number of carbonyl (C=O) groups is 3. The fourth-order valence-electron chi connectivity index (χ4n) is 3.22. The van der Waals surface area contributed by atoms with Crippen molar-refractivity contribution in [2.24, 2.45) is 0 Å². The van der Waals surface area contributed by atoms with Gasteiger partial charge in [-0.2, -0.15) is 5.26 Å².